The summed E-state index contributed by atoms with van der Waals surface area (Å²) in [5.41, 5.74) is 2.35. The van der Waals surface area contributed by atoms with Crippen LogP contribution in [0, 0.1) is 0 Å². The fourth-order valence-electron chi connectivity index (χ4n) is 3.94. The number of halogens is 1. The molecule has 4 rings (SSSR count). The molecule has 0 spiro atoms. The number of aromatic nitrogens is 2. The number of hydrogen-bond donors (Lipinski definition) is 1. The zero-order valence-corrected chi connectivity index (χ0v) is 19.9. The lowest BCUT2D eigenvalue weighted by atomic mass is 10.1. The average Bonchev–Trinajstić information content (AvgIpc) is 3.48. The molecule has 0 saturated carbocycles. The second kappa shape index (κ2) is 11.7. The van der Waals surface area contributed by atoms with Crippen LogP contribution in [0.5, 0.6) is 0 Å². The molecule has 30 heavy (non-hydrogen) atoms. The van der Waals surface area contributed by atoms with Crippen molar-refractivity contribution in [2.45, 2.75) is 38.4 Å². The summed E-state index contributed by atoms with van der Waals surface area (Å²) in [4.78, 5) is 7.20. The van der Waals surface area contributed by atoms with E-state index in [1.165, 1.54) is 5.56 Å². The second-order valence-electron chi connectivity index (χ2n) is 7.51. The molecule has 0 aliphatic carbocycles. The van der Waals surface area contributed by atoms with Gasteiger partial charge in [-0.05, 0) is 49.9 Å². The Hall–Kier alpha value is -1.65. The van der Waals surface area contributed by atoms with Crippen molar-refractivity contribution in [3.63, 3.8) is 0 Å². The zero-order valence-electron chi connectivity index (χ0n) is 17.6. The van der Waals surface area contributed by atoms with Crippen molar-refractivity contribution in [1.82, 2.24) is 20.0 Å². The number of aliphatic imine (C=N–C) groups is 1. The average molecular weight is 525 g/mol. The number of hydrogen-bond acceptors (Lipinski definition) is 4. The molecule has 7 nitrogen and oxygen atoms in total. The molecule has 0 radical (unpaired) electrons. The summed E-state index contributed by atoms with van der Waals surface area (Å²) in [5.74, 6) is 0.979. The lowest BCUT2D eigenvalue weighted by Gasteiger charge is -2.37. The van der Waals surface area contributed by atoms with E-state index in [9.17, 15) is 0 Å². The second-order valence-corrected chi connectivity index (χ2v) is 7.51. The van der Waals surface area contributed by atoms with Gasteiger partial charge in [-0.3, -0.25) is 4.99 Å². The monoisotopic (exact) mass is 525 g/mol. The Morgan fingerprint density at radius 3 is 2.73 bits per heavy atom. The van der Waals surface area contributed by atoms with E-state index >= 15 is 0 Å². The number of morpholine rings is 1. The topological polar surface area (TPSA) is 63.9 Å². The molecule has 2 aliphatic heterocycles. The number of ether oxygens (including phenoxy) is 2. The molecule has 1 aromatic heterocycles. The van der Waals surface area contributed by atoms with Gasteiger partial charge >= 0.3 is 0 Å². The van der Waals surface area contributed by atoms with Gasteiger partial charge in [0.1, 0.15) is 6.10 Å². The van der Waals surface area contributed by atoms with E-state index in [2.05, 4.69) is 46.5 Å². The van der Waals surface area contributed by atoms with Gasteiger partial charge in [-0.25, -0.2) is 4.68 Å². The first-order valence-corrected chi connectivity index (χ1v) is 10.7. The standard InChI is InChI=1S/C22H31N5O2.HI/c1-2-23-22(26-14-16-29-21(17-26)20-5-3-15-28-20)24-12-10-18-6-8-19(9-7-18)27-13-4-11-25-27;/h4,6-9,11,13,20-21H,2-3,5,10,12,14-17H2,1H3,(H,23,24);1H. The minimum absolute atomic E-state index is 0. The van der Waals surface area contributed by atoms with Crippen molar-refractivity contribution in [2.24, 2.45) is 4.99 Å². The Morgan fingerprint density at radius 1 is 1.20 bits per heavy atom. The molecule has 2 fully saturated rings. The van der Waals surface area contributed by atoms with Crippen molar-refractivity contribution in [3.8, 4) is 5.69 Å². The molecule has 0 amide bonds. The molecule has 2 saturated heterocycles. The maximum Gasteiger partial charge on any atom is 0.194 e. The highest BCUT2D eigenvalue weighted by molar-refractivity contribution is 14.0. The first-order valence-electron chi connectivity index (χ1n) is 10.7. The third kappa shape index (κ3) is 5.95. The molecule has 2 aliphatic rings. The normalized spacial score (nSPS) is 22.0. The van der Waals surface area contributed by atoms with E-state index in [-0.39, 0.29) is 36.2 Å². The minimum Gasteiger partial charge on any atom is -0.375 e. The van der Waals surface area contributed by atoms with Gasteiger partial charge in [0.05, 0.1) is 18.4 Å². The number of nitrogens with zero attached hydrogens (tertiary/aromatic N) is 4. The van der Waals surface area contributed by atoms with Crippen molar-refractivity contribution in [2.75, 3.05) is 39.4 Å². The minimum atomic E-state index is 0. The highest BCUT2D eigenvalue weighted by atomic mass is 127. The van der Waals surface area contributed by atoms with Gasteiger partial charge in [0.15, 0.2) is 5.96 Å². The molecule has 1 N–H and O–H groups in total. The van der Waals surface area contributed by atoms with Gasteiger partial charge in [0, 0.05) is 45.2 Å². The SMILES string of the molecule is CCNC(=NCCc1ccc(-n2cccn2)cc1)N1CCOC(C2CCCO2)C1.I. The smallest absolute Gasteiger partial charge is 0.194 e. The molecule has 0 bridgehead atoms. The molecular weight excluding hydrogens is 493 g/mol. The molecular formula is C22H32IN5O2. The van der Waals surface area contributed by atoms with E-state index in [4.69, 9.17) is 14.5 Å². The number of nitrogens with one attached hydrogen (secondary N) is 1. The van der Waals surface area contributed by atoms with Gasteiger partial charge in [-0.15, -0.1) is 24.0 Å². The van der Waals surface area contributed by atoms with Crippen molar-refractivity contribution >= 4 is 29.9 Å². The quantitative estimate of drug-likeness (QED) is 0.357. The van der Waals surface area contributed by atoms with Crippen molar-refractivity contribution in [1.29, 1.82) is 0 Å². The first-order chi connectivity index (χ1) is 14.3. The highest BCUT2D eigenvalue weighted by Gasteiger charge is 2.32. The third-order valence-corrected chi connectivity index (χ3v) is 5.47. The van der Waals surface area contributed by atoms with E-state index in [1.807, 2.05) is 16.9 Å². The summed E-state index contributed by atoms with van der Waals surface area (Å²) in [5, 5.41) is 7.72. The van der Waals surface area contributed by atoms with Gasteiger partial charge in [0.25, 0.3) is 0 Å². The van der Waals surface area contributed by atoms with Gasteiger partial charge in [-0.1, -0.05) is 12.1 Å². The van der Waals surface area contributed by atoms with Crippen LogP contribution in [0.25, 0.3) is 5.69 Å². The van der Waals surface area contributed by atoms with E-state index in [1.54, 1.807) is 6.20 Å². The molecule has 3 heterocycles. The van der Waals surface area contributed by atoms with Crippen LogP contribution < -0.4 is 5.32 Å². The Labute approximate surface area is 195 Å². The Balaban J connectivity index is 0.00000256. The van der Waals surface area contributed by atoms with E-state index in [0.29, 0.717) is 0 Å². The molecule has 164 valence electrons. The predicted octanol–water partition coefficient (Wildman–Crippen LogP) is 2.88. The van der Waals surface area contributed by atoms with Crippen LogP contribution >= 0.6 is 24.0 Å². The Morgan fingerprint density at radius 2 is 2.03 bits per heavy atom. The Kier molecular flexibility index (Phi) is 8.95. The summed E-state index contributed by atoms with van der Waals surface area (Å²) < 4.78 is 13.7. The van der Waals surface area contributed by atoms with Crippen LogP contribution in [0.3, 0.4) is 0 Å². The summed E-state index contributed by atoms with van der Waals surface area (Å²) in [6.45, 7) is 7.02. The molecule has 1 aromatic carbocycles. The highest BCUT2D eigenvalue weighted by Crippen LogP contribution is 2.21. The summed E-state index contributed by atoms with van der Waals surface area (Å²) >= 11 is 0. The van der Waals surface area contributed by atoms with Crippen LogP contribution in [0.2, 0.25) is 0 Å². The predicted molar refractivity (Wildman–Crippen MR) is 129 cm³/mol. The van der Waals surface area contributed by atoms with E-state index in [0.717, 1.165) is 70.3 Å². The van der Waals surface area contributed by atoms with Gasteiger partial charge < -0.3 is 19.7 Å². The first kappa shape index (κ1) is 23.0. The summed E-state index contributed by atoms with van der Waals surface area (Å²) in [6, 6.07) is 10.4. The summed E-state index contributed by atoms with van der Waals surface area (Å²) in [7, 11) is 0. The largest absolute Gasteiger partial charge is 0.375 e. The number of guanidine groups is 1. The number of rotatable bonds is 6. The maximum atomic E-state index is 5.98. The molecule has 2 unspecified atom stereocenters. The van der Waals surface area contributed by atoms with E-state index < -0.39 is 0 Å². The number of benzene rings is 1. The van der Waals surface area contributed by atoms with Gasteiger partial charge in [-0.2, -0.15) is 5.10 Å². The molecule has 2 atom stereocenters. The van der Waals surface area contributed by atoms with Crippen LogP contribution in [-0.4, -0.2) is 72.2 Å². The lowest BCUT2D eigenvalue weighted by Crippen LogP contribution is -2.53. The van der Waals surface area contributed by atoms with Crippen LogP contribution in [0.15, 0.2) is 47.7 Å². The maximum absolute atomic E-state index is 5.98. The third-order valence-electron chi connectivity index (χ3n) is 5.47. The lowest BCUT2D eigenvalue weighted by molar-refractivity contribution is -0.0817. The van der Waals surface area contributed by atoms with Crippen LogP contribution in [-0.2, 0) is 15.9 Å². The fraction of sp³-hybridized carbons (Fsp3) is 0.545. The Bertz CT molecular complexity index is 775. The molecule has 2 aromatic rings. The van der Waals surface area contributed by atoms with Crippen molar-refractivity contribution < 1.29 is 9.47 Å². The fourth-order valence-corrected chi connectivity index (χ4v) is 3.94. The zero-order chi connectivity index (χ0) is 19.9. The van der Waals surface area contributed by atoms with Crippen LogP contribution in [0.1, 0.15) is 25.3 Å². The summed E-state index contributed by atoms with van der Waals surface area (Å²) in [6.07, 6.45) is 7.26. The van der Waals surface area contributed by atoms with Gasteiger partial charge in [0.2, 0.25) is 0 Å². The van der Waals surface area contributed by atoms with Crippen molar-refractivity contribution in [3.05, 3.63) is 48.3 Å². The molecule has 8 heteroatoms. The van der Waals surface area contributed by atoms with Crippen LogP contribution in [0.4, 0.5) is 0 Å².